The van der Waals surface area contributed by atoms with Gasteiger partial charge in [-0.2, -0.15) is 0 Å². The monoisotopic (exact) mass is 264 g/mol. The second-order valence-electron chi connectivity index (χ2n) is 4.88. The van der Waals surface area contributed by atoms with Gasteiger partial charge in [-0.3, -0.25) is 4.79 Å². The average Bonchev–Trinajstić information content (AvgIpc) is 2.40. The van der Waals surface area contributed by atoms with Crippen molar-refractivity contribution in [1.29, 1.82) is 0 Å². The average molecular weight is 264 g/mol. The molecule has 1 N–H and O–H groups in total. The summed E-state index contributed by atoms with van der Waals surface area (Å²) in [7, 11) is 0. The molecule has 19 heavy (non-hydrogen) atoms. The molecular formula is C14H24N4O. The van der Waals surface area contributed by atoms with Gasteiger partial charge in [0.25, 0.3) is 5.91 Å². The quantitative estimate of drug-likeness (QED) is 0.819. The number of amides is 1. The van der Waals surface area contributed by atoms with Crippen LogP contribution < -0.4 is 10.2 Å². The fourth-order valence-corrected chi connectivity index (χ4v) is 1.68. The number of nitrogens with zero attached hydrogens (tertiary/aromatic N) is 3. The zero-order valence-electron chi connectivity index (χ0n) is 12.3. The largest absolute Gasteiger partial charge is 0.352 e. The van der Waals surface area contributed by atoms with Crippen LogP contribution in [-0.4, -0.2) is 35.5 Å². The van der Waals surface area contributed by atoms with Crippen LogP contribution in [0, 0.1) is 5.92 Å². The Morgan fingerprint density at radius 2 is 1.84 bits per heavy atom. The molecule has 0 aliphatic heterocycles. The molecule has 0 fully saturated rings. The number of carbonyl (C=O) groups is 1. The van der Waals surface area contributed by atoms with Crippen molar-refractivity contribution in [2.75, 3.05) is 24.5 Å². The third kappa shape index (κ3) is 4.85. The van der Waals surface area contributed by atoms with E-state index in [2.05, 4.69) is 43.0 Å². The highest BCUT2D eigenvalue weighted by Gasteiger charge is 2.09. The van der Waals surface area contributed by atoms with Gasteiger partial charge in [0.05, 0.1) is 5.56 Å². The van der Waals surface area contributed by atoms with E-state index in [-0.39, 0.29) is 5.91 Å². The van der Waals surface area contributed by atoms with Gasteiger partial charge in [0.2, 0.25) is 5.95 Å². The van der Waals surface area contributed by atoms with Crippen molar-refractivity contribution < 1.29 is 4.79 Å². The Kier molecular flexibility index (Phi) is 6.25. The number of nitrogens with one attached hydrogen (secondary N) is 1. The topological polar surface area (TPSA) is 58.1 Å². The van der Waals surface area contributed by atoms with Crippen molar-refractivity contribution in [3.63, 3.8) is 0 Å². The van der Waals surface area contributed by atoms with E-state index in [0.29, 0.717) is 24.0 Å². The van der Waals surface area contributed by atoms with E-state index in [1.165, 1.54) is 0 Å². The zero-order valence-corrected chi connectivity index (χ0v) is 12.3. The van der Waals surface area contributed by atoms with E-state index in [0.717, 1.165) is 19.5 Å². The van der Waals surface area contributed by atoms with Gasteiger partial charge in [0.15, 0.2) is 0 Å². The normalized spacial score (nSPS) is 10.6. The Morgan fingerprint density at radius 3 is 2.32 bits per heavy atom. The molecule has 0 aromatic carbocycles. The van der Waals surface area contributed by atoms with Gasteiger partial charge in [-0.25, -0.2) is 9.97 Å². The van der Waals surface area contributed by atoms with E-state index in [9.17, 15) is 4.79 Å². The van der Waals surface area contributed by atoms with Crippen molar-refractivity contribution in [3.8, 4) is 0 Å². The van der Waals surface area contributed by atoms with E-state index >= 15 is 0 Å². The molecule has 106 valence electrons. The molecule has 0 bridgehead atoms. The van der Waals surface area contributed by atoms with Gasteiger partial charge < -0.3 is 10.2 Å². The van der Waals surface area contributed by atoms with Gasteiger partial charge in [0.1, 0.15) is 0 Å². The maximum atomic E-state index is 11.8. The standard InChI is InChI=1S/C14H24N4O/c1-5-18(6-2)14-16-9-12(10-17-14)13(19)15-8-7-11(3)4/h9-11H,5-8H2,1-4H3,(H,15,19). The molecule has 0 spiro atoms. The zero-order chi connectivity index (χ0) is 14.3. The van der Waals surface area contributed by atoms with Crippen LogP contribution >= 0.6 is 0 Å². The highest BCUT2D eigenvalue weighted by molar-refractivity contribution is 5.93. The van der Waals surface area contributed by atoms with Gasteiger partial charge in [-0.15, -0.1) is 0 Å². The molecule has 5 nitrogen and oxygen atoms in total. The first kappa shape index (κ1) is 15.4. The lowest BCUT2D eigenvalue weighted by Crippen LogP contribution is -2.27. The molecule has 1 amide bonds. The van der Waals surface area contributed by atoms with Gasteiger partial charge in [-0.1, -0.05) is 13.8 Å². The summed E-state index contributed by atoms with van der Waals surface area (Å²) in [6.07, 6.45) is 4.15. The molecule has 1 aromatic heterocycles. The molecule has 1 rings (SSSR count). The highest BCUT2D eigenvalue weighted by atomic mass is 16.1. The third-order valence-electron chi connectivity index (χ3n) is 2.95. The van der Waals surface area contributed by atoms with Crippen LogP contribution in [0.5, 0.6) is 0 Å². The minimum absolute atomic E-state index is 0.105. The maximum absolute atomic E-state index is 11.8. The molecule has 0 aliphatic carbocycles. The summed E-state index contributed by atoms with van der Waals surface area (Å²) in [6.45, 7) is 10.8. The third-order valence-corrected chi connectivity index (χ3v) is 2.95. The fourth-order valence-electron chi connectivity index (χ4n) is 1.68. The molecular weight excluding hydrogens is 240 g/mol. The van der Waals surface area contributed by atoms with Crippen LogP contribution in [0.25, 0.3) is 0 Å². The first-order valence-electron chi connectivity index (χ1n) is 6.93. The summed E-state index contributed by atoms with van der Waals surface area (Å²) in [4.78, 5) is 22.4. The Hall–Kier alpha value is -1.65. The lowest BCUT2D eigenvalue weighted by molar-refractivity contribution is 0.0951. The van der Waals surface area contributed by atoms with E-state index in [1.807, 2.05) is 4.90 Å². The molecule has 0 unspecified atom stereocenters. The first-order valence-corrected chi connectivity index (χ1v) is 6.93. The Bertz CT molecular complexity index is 385. The Balaban J connectivity index is 2.58. The summed E-state index contributed by atoms with van der Waals surface area (Å²) in [5.74, 6) is 1.15. The molecule has 5 heteroatoms. The molecule has 0 saturated carbocycles. The molecule has 0 aliphatic rings. The van der Waals surface area contributed by atoms with Crippen molar-refractivity contribution in [1.82, 2.24) is 15.3 Å². The number of rotatable bonds is 7. The lowest BCUT2D eigenvalue weighted by Gasteiger charge is -2.18. The van der Waals surface area contributed by atoms with Crippen molar-refractivity contribution in [3.05, 3.63) is 18.0 Å². The van der Waals surface area contributed by atoms with Gasteiger partial charge in [0, 0.05) is 32.0 Å². The second kappa shape index (κ2) is 7.71. The number of hydrogen-bond acceptors (Lipinski definition) is 4. The predicted molar refractivity (Wildman–Crippen MR) is 77.4 cm³/mol. The van der Waals surface area contributed by atoms with Crippen LogP contribution in [0.1, 0.15) is 44.5 Å². The smallest absolute Gasteiger partial charge is 0.254 e. The predicted octanol–water partition coefficient (Wildman–Crippen LogP) is 2.10. The van der Waals surface area contributed by atoms with Crippen LogP contribution in [0.4, 0.5) is 5.95 Å². The summed E-state index contributed by atoms with van der Waals surface area (Å²) in [5.41, 5.74) is 0.514. The van der Waals surface area contributed by atoms with Crippen LogP contribution in [0.2, 0.25) is 0 Å². The lowest BCUT2D eigenvalue weighted by atomic mass is 10.1. The number of anilines is 1. The van der Waals surface area contributed by atoms with E-state index in [1.54, 1.807) is 12.4 Å². The van der Waals surface area contributed by atoms with Gasteiger partial charge in [-0.05, 0) is 26.2 Å². The summed E-state index contributed by atoms with van der Waals surface area (Å²) in [5, 5.41) is 2.87. The van der Waals surface area contributed by atoms with Crippen LogP contribution in [0.3, 0.4) is 0 Å². The highest BCUT2D eigenvalue weighted by Crippen LogP contribution is 2.06. The summed E-state index contributed by atoms with van der Waals surface area (Å²) in [6, 6.07) is 0. The number of carbonyl (C=O) groups excluding carboxylic acids is 1. The first-order chi connectivity index (χ1) is 9.08. The molecule has 1 aromatic rings. The van der Waals surface area contributed by atoms with E-state index < -0.39 is 0 Å². The van der Waals surface area contributed by atoms with E-state index in [4.69, 9.17) is 0 Å². The molecule has 0 atom stereocenters. The molecule has 1 heterocycles. The van der Waals surface area contributed by atoms with Crippen molar-refractivity contribution in [2.24, 2.45) is 5.92 Å². The van der Waals surface area contributed by atoms with Crippen LogP contribution in [-0.2, 0) is 0 Å². The fraction of sp³-hybridized carbons (Fsp3) is 0.643. The SMILES string of the molecule is CCN(CC)c1ncc(C(=O)NCCC(C)C)cn1. The second-order valence-corrected chi connectivity index (χ2v) is 4.88. The summed E-state index contributed by atoms with van der Waals surface area (Å²) < 4.78 is 0. The number of hydrogen-bond donors (Lipinski definition) is 1. The molecule has 0 saturated heterocycles. The minimum Gasteiger partial charge on any atom is -0.352 e. The van der Waals surface area contributed by atoms with Crippen LogP contribution in [0.15, 0.2) is 12.4 Å². The van der Waals surface area contributed by atoms with Gasteiger partial charge >= 0.3 is 0 Å². The Morgan fingerprint density at radius 1 is 1.26 bits per heavy atom. The Labute approximate surface area is 115 Å². The minimum atomic E-state index is -0.105. The number of aromatic nitrogens is 2. The maximum Gasteiger partial charge on any atom is 0.254 e. The molecule has 0 radical (unpaired) electrons. The summed E-state index contributed by atoms with van der Waals surface area (Å²) >= 11 is 0. The van der Waals surface area contributed by atoms with Crippen molar-refractivity contribution in [2.45, 2.75) is 34.1 Å². The van der Waals surface area contributed by atoms with Crippen molar-refractivity contribution >= 4 is 11.9 Å².